The lowest BCUT2D eigenvalue weighted by atomic mass is 9.97. The third kappa shape index (κ3) is 4.25. The van der Waals surface area contributed by atoms with Crippen LogP contribution in [0.4, 0.5) is 13.9 Å². The average Bonchev–Trinajstić information content (AvgIpc) is 3.16. The number of aromatic nitrogens is 1. The number of thiazole rings is 1. The van der Waals surface area contributed by atoms with E-state index in [2.05, 4.69) is 10.3 Å². The summed E-state index contributed by atoms with van der Waals surface area (Å²) in [5, 5.41) is 3.23. The van der Waals surface area contributed by atoms with Crippen molar-refractivity contribution in [3.63, 3.8) is 0 Å². The maximum atomic E-state index is 14.0. The van der Waals surface area contributed by atoms with E-state index in [1.54, 1.807) is 13.2 Å². The lowest BCUT2D eigenvalue weighted by Crippen LogP contribution is -2.41. The second kappa shape index (κ2) is 8.48. The van der Waals surface area contributed by atoms with E-state index >= 15 is 0 Å². The fourth-order valence-electron chi connectivity index (χ4n) is 3.53. The average molecular weight is 468 g/mol. The van der Waals surface area contributed by atoms with Crippen LogP contribution in [0.25, 0.3) is 10.2 Å². The number of hydrogen-bond donors (Lipinski definition) is 1. The Morgan fingerprint density at radius 3 is 2.65 bits per heavy atom. The number of hydrogen-bond acceptors (Lipinski definition) is 6. The van der Waals surface area contributed by atoms with Crippen molar-refractivity contribution in [1.29, 1.82) is 0 Å². The van der Waals surface area contributed by atoms with Crippen molar-refractivity contribution in [2.75, 3.05) is 25.5 Å². The SMILES string of the molecule is COc1cccc2sc(NC(=O)C3CCN(S(=O)(=O)c4ccc(F)cc4F)CC3)nc12. The first-order valence-corrected chi connectivity index (χ1v) is 11.7. The van der Waals surface area contributed by atoms with Gasteiger partial charge in [0.15, 0.2) is 5.13 Å². The third-order valence-corrected chi connectivity index (χ3v) is 8.04. The van der Waals surface area contributed by atoms with Crippen molar-refractivity contribution in [2.45, 2.75) is 17.7 Å². The number of nitrogens with zero attached hydrogens (tertiary/aromatic N) is 2. The maximum Gasteiger partial charge on any atom is 0.245 e. The van der Waals surface area contributed by atoms with Crippen molar-refractivity contribution in [3.05, 3.63) is 48.0 Å². The van der Waals surface area contributed by atoms with Gasteiger partial charge >= 0.3 is 0 Å². The Morgan fingerprint density at radius 2 is 1.97 bits per heavy atom. The van der Waals surface area contributed by atoms with Crippen molar-refractivity contribution in [2.24, 2.45) is 5.92 Å². The van der Waals surface area contributed by atoms with Gasteiger partial charge in [0, 0.05) is 25.1 Å². The molecule has 31 heavy (non-hydrogen) atoms. The van der Waals surface area contributed by atoms with Crippen LogP contribution in [0.5, 0.6) is 5.75 Å². The molecule has 0 spiro atoms. The van der Waals surface area contributed by atoms with Crippen LogP contribution in [0, 0.1) is 17.6 Å². The van der Waals surface area contributed by atoms with Crippen molar-refractivity contribution in [3.8, 4) is 5.75 Å². The van der Waals surface area contributed by atoms with Crippen molar-refractivity contribution in [1.82, 2.24) is 9.29 Å². The number of piperidine rings is 1. The molecule has 4 rings (SSSR count). The number of halogens is 2. The zero-order chi connectivity index (χ0) is 22.2. The quantitative estimate of drug-likeness (QED) is 0.619. The van der Waals surface area contributed by atoms with Gasteiger partial charge in [-0.15, -0.1) is 0 Å². The van der Waals surface area contributed by atoms with Crippen LogP contribution in [0.2, 0.25) is 0 Å². The lowest BCUT2D eigenvalue weighted by molar-refractivity contribution is -0.120. The number of para-hydroxylation sites is 1. The van der Waals surface area contributed by atoms with Gasteiger partial charge in [0.05, 0.1) is 11.8 Å². The minimum atomic E-state index is -4.11. The van der Waals surface area contributed by atoms with Crippen LogP contribution in [-0.2, 0) is 14.8 Å². The van der Waals surface area contributed by atoms with Gasteiger partial charge in [-0.3, -0.25) is 4.79 Å². The summed E-state index contributed by atoms with van der Waals surface area (Å²) >= 11 is 1.32. The number of benzene rings is 2. The summed E-state index contributed by atoms with van der Waals surface area (Å²) in [6.45, 7) is 0.121. The molecule has 2 aromatic carbocycles. The molecule has 11 heteroatoms. The summed E-state index contributed by atoms with van der Waals surface area (Å²) < 4.78 is 59.7. The minimum absolute atomic E-state index is 0.0604. The molecule has 1 aliphatic rings. The zero-order valence-electron chi connectivity index (χ0n) is 16.5. The Bertz CT molecular complexity index is 1240. The molecule has 0 radical (unpaired) electrons. The number of anilines is 1. The normalized spacial score (nSPS) is 15.8. The number of carbonyl (C=O) groups excluding carboxylic acids is 1. The van der Waals surface area contributed by atoms with E-state index in [1.807, 2.05) is 12.1 Å². The molecular weight excluding hydrogens is 448 g/mol. The monoisotopic (exact) mass is 467 g/mol. The number of methoxy groups -OCH3 is 1. The van der Waals surface area contributed by atoms with Gasteiger partial charge in [-0.1, -0.05) is 17.4 Å². The van der Waals surface area contributed by atoms with Crippen LogP contribution in [0.3, 0.4) is 0 Å². The summed E-state index contributed by atoms with van der Waals surface area (Å²) in [4.78, 5) is 16.5. The number of sulfonamides is 1. The number of carbonyl (C=O) groups is 1. The molecule has 7 nitrogen and oxygen atoms in total. The summed E-state index contributed by atoms with van der Waals surface area (Å²) in [7, 11) is -2.56. The highest BCUT2D eigenvalue weighted by atomic mass is 32.2. The molecule has 0 saturated carbocycles. The van der Waals surface area contributed by atoms with E-state index in [4.69, 9.17) is 4.74 Å². The zero-order valence-corrected chi connectivity index (χ0v) is 18.1. The first kappa shape index (κ1) is 21.6. The summed E-state index contributed by atoms with van der Waals surface area (Å²) in [6, 6.07) is 7.87. The van der Waals surface area contributed by atoms with E-state index < -0.39 is 32.5 Å². The van der Waals surface area contributed by atoms with Gasteiger partial charge in [-0.2, -0.15) is 4.31 Å². The molecule has 3 aromatic rings. The Labute approximate surface area is 181 Å². The molecule has 0 bridgehead atoms. The largest absolute Gasteiger partial charge is 0.494 e. The molecule has 1 fully saturated rings. The van der Waals surface area contributed by atoms with Crippen LogP contribution < -0.4 is 10.1 Å². The number of nitrogens with one attached hydrogen (secondary N) is 1. The minimum Gasteiger partial charge on any atom is -0.494 e. The standard InChI is InChI=1S/C20H19F2N3O4S2/c1-29-15-3-2-4-16-18(15)23-20(30-16)24-19(26)12-7-9-25(10-8-12)31(27,28)17-6-5-13(21)11-14(17)22/h2-6,11-12H,7-10H2,1H3,(H,23,24,26). The third-order valence-electron chi connectivity index (χ3n) is 5.17. The Kier molecular flexibility index (Phi) is 5.91. The van der Waals surface area contributed by atoms with Gasteiger partial charge in [0.2, 0.25) is 15.9 Å². The van der Waals surface area contributed by atoms with Crippen LogP contribution >= 0.6 is 11.3 Å². The van der Waals surface area contributed by atoms with Gasteiger partial charge in [0.25, 0.3) is 0 Å². The Morgan fingerprint density at radius 1 is 1.23 bits per heavy atom. The second-order valence-electron chi connectivity index (χ2n) is 7.07. The molecule has 1 amide bonds. The fourth-order valence-corrected chi connectivity index (χ4v) is 5.93. The van der Waals surface area contributed by atoms with E-state index in [1.165, 1.54) is 11.3 Å². The summed E-state index contributed by atoms with van der Waals surface area (Å²) in [6.07, 6.45) is 0.560. The van der Waals surface area contributed by atoms with E-state index in [9.17, 15) is 22.0 Å². The Hall–Kier alpha value is -2.63. The van der Waals surface area contributed by atoms with Crippen LogP contribution in [0.1, 0.15) is 12.8 Å². The fraction of sp³-hybridized carbons (Fsp3) is 0.300. The summed E-state index contributed by atoms with van der Waals surface area (Å²) in [5.74, 6) is -2.02. The molecular formula is C20H19F2N3O4S2. The number of fused-ring (bicyclic) bond motifs is 1. The molecule has 1 aliphatic heterocycles. The van der Waals surface area contributed by atoms with E-state index in [0.717, 1.165) is 21.1 Å². The number of rotatable bonds is 5. The van der Waals surface area contributed by atoms with Crippen molar-refractivity contribution >= 4 is 42.6 Å². The molecule has 1 saturated heterocycles. The highest BCUT2D eigenvalue weighted by molar-refractivity contribution is 7.89. The molecule has 164 valence electrons. The topological polar surface area (TPSA) is 88.6 Å². The molecule has 1 aromatic heterocycles. The van der Waals surface area contributed by atoms with Gasteiger partial charge < -0.3 is 10.1 Å². The first-order valence-electron chi connectivity index (χ1n) is 9.49. The predicted octanol–water partition coefficient (Wildman–Crippen LogP) is 3.62. The molecule has 0 unspecified atom stereocenters. The lowest BCUT2D eigenvalue weighted by Gasteiger charge is -2.30. The smallest absolute Gasteiger partial charge is 0.245 e. The van der Waals surface area contributed by atoms with E-state index in [0.29, 0.717) is 22.5 Å². The summed E-state index contributed by atoms with van der Waals surface area (Å²) in [5.41, 5.74) is 0.660. The van der Waals surface area contributed by atoms with Gasteiger partial charge in [-0.25, -0.2) is 22.2 Å². The highest BCUT2D eigenvalue weighted by Gasteiger charge is 2.34. The highest BCUT2D eigenvalue weighted by Crippen LogP contribution is 2.33. The predicted molar refractivity (Wildman–Crippen MR) is 113 cm³/mol. The Balaban J connectivity index is 1.42. The van der Waals surface area contributed by atoms with E-state index in [-0.39, 0.29) is 31.8 Å². The van der Waals surface area contributed by atoms with Gasteiger partial charge in [-0.05, 0) is 37.1 Å². The first-order chi connectivity index (χ1) is 14.8. The van der Waals surface area contributed by atoms with Crippen LogP contribution in [0.15, 0.2) is 41.3 Å². The maximum absolute atomic E-state index is 14.0. The van der Waals surface area contributed by atoms with Gasteiger partial charge in [0.1, 0.15) is 27.8 Å². The number of amides is 1. The second-order valence-corrected chi connectivity index (χ2v) is 10.0. The molecule has 0 aliphatic carbocycles. The molecule has 0 atom stereocenters. The van der Waals surface area contributed by atoms with Crippen molar-refractivity contribution < 1.29 is 26.7 Å². The molecule has 1 N–H and O–H groups in total. The van der Waals surface area contributed by atoms with Crippen LogP contribution in [-0.4, -0.2) is 43.8 Å². The molecule has 2 heterocycles. The number of ether oxygens (including phenoxy) is 1.